The number of pyridine rings is 1. The van der Waals surface area contributed by atoms with Crippen molar-refractivity contribution in [3.63, 3.8) is 0 Å². The Balaban J connectivity index is 1.66. The third-order valence-corrected chi connectivity index (χ3v) is 7.58. The monoisotopic (exact) mass is 336 g/mol. The number of nitrogens with one attached hydrogen (secondary N) is 1. The fourth-order valence-electron chi connectivity index (χ4n) is 4.38. The van der Waals surface area contributed by atoms with Crippen LogP contribution >= 0.6 is 0 Å². The molecule has 1 N–H and O–H groups in total. The minimum atomic E-state index is -3.47. The fourth-order valence-corrected chi connectivity index (χ4v) is 6.23. The molecule has 1 aromatic rings. The van der Waals surface area contributed by atoms with Gasteiger partial charge in [0.2, 0.25) is 10.0 Å². The van der Waals surface area contributed by atoms with Crippen molar-refractivity contribution in [2.75, 3.05) is 12.3 Å². The summed E-state index contributed by atoms with van der Waals surface area (Å²) in [5.41, 5.74) is 0.128. The van der Waals surface area contributed by atoms with Crippen molar-refractivity contribution in [2.24, 2.45) is 16.7 Å². The van der Waals surface area contributed by atoms with Gasteiger partial charge < -0.3 is 0 Å². The number of Topliss-reactive ketones (excluding diaryl/α,β-unsaturated/α-hetero) is 1. The predicted octanol–water partition coefficient (Wildman–Crippen LogP) is 1.94. The quantitative estimate of drug-likeness (QED) is 0.861. The summed E-state index contributed by atoms with van der Waals surface area (Å²) in [5.74, 6) is 0.402. The Morgan fingerprint density at radius 2 is 2.00 bits per heavy atom. The molecule has 1 heterocycles. The van der Waals surface area contributed by atoms with Gasteiger partial charge in [-0.15, -0.1) is 0 Å². The van der Waals surface area contributed by atoms with E-state index in [4.69, 9.17) is 0 Å². The highest BCUT2D eigenvalue weighted by atomic mass is 32.2. The molecule has 2 aliphatic carbocycles. The van der Waals surface area contributed by atoms with E-state index >= 15 is 0 Å². The first-order valence-electron chi connectivity index (χ1n) is 8.16. The van der Waals surface area contributed by atoms with Crippen LogP contribution in [0.3, 0.4) is 0 Å². The van der Waals surface area contributed by atoms with E-state index in [0.717, 1.165) is 12.0 Å². The first-order chi connectivity index (χ1) is 10.8. The van der Waals surface area contributed by atoms with Gasteiger partial charge in [-0.25, -0.2) is 13.1 Å². The molecule has 6 heteroatoms. The van der Waals surface area contributed by atoms with Gasteiger partial charge in [0.15, 0.2) is 0 Å². The Labute approximate surface area is 137 Å². The van der Waals surface area contributed by atoms with E-state index in [-0.39, 0.29) is 17.0 Å². The molecule has 0 radical (unpaired) electrons. The molecule has 0 aliphatic heterocycles. The van der Waals surface area contributed by atoms with Crippen LogP contribution in [0, 0.1) is 16.7 Å². The van der Waals surface area contributed by atoms with E-state index < -0.39 is 15.4 Å². The first kappa shape index (κ1) is 16.6. The lowest BCUT2D eigenvalue weighted by Crippen LogP contribution is -2.45. The van der Waals surface area contributed by atoms with Gasteiger partial charge >= 0.3 is 0 Å². The highest BCUT2D eigenvalue weighted by molar-refractivity contribution is 7.89. The van der Waals surface area contributed by atoms with Crippen LogP contribution in [0.2, 0.25) is 0 Å². The van der Waals surface area contributed by atoms with Crippen LogP contribution < -0.4 is 4.72 Å². The van der Waals surface area contributed by atoms with Gasteiger partial charge in [0.05, 0.1) is 5.75 Å². The zero-order valence-electron chi connectivity index (χ0n) is 13.7. The maximum absolute atomic E-state index is 12.5. The Hall–Kier alpha value is -1.27. The molecule has 2 bridgehead atoms. The largest absolute Gasteiger partial charge is 0.299 e. The summed E-state index contributed by atoms with van der Waals surface area (Å²) in [5, 5.41) is 0. The second-order valence-corrected chi connectivity index (χ2v) is 9.23. The summed E-state index contributed by atoms with van der Waals surface area (Å²) in [6, 6.07) is 3.75. The Morgan fingerprint density at radius 3 is 2.57 bits per heavy atom. The molecule has 23 heavy (non-hydrogen) atoms. The maximum atomic E-state index is 12.5. The zero-order chi connectivity index (χ0) is 16.7. The summed E-state index contributed by atoms with van der Waals surface area (Å²) in [4.78, 5) is 16.4. The number of aromatic nitrogens is 1. The average Bonchev–Trinajstić information content (AvgIpc) is 2.82. The van der Waals surface area contributed by atoms with Gasteiger partial charge in [-0.1, -0.05) is 13.8 Å². The van der Waals surface area contributed by atoms with Crippen molar-refractivity contribution < 1.29 is 13.2 Å². The molecule has 0 saturated heterocycles. The topological polar surface area (TPSA) is 76.1 Å². The predicted molar refractivity (Wildman–Crippen MR) is 88.3 cm³/mol. The summed E-state index contributed by atoms with van der Waals surface area (Å²) in [7, 11) is -3.47. The van der Waals surface area contributed by atoms with Crippen LogP contribution in [0.25, 0.3) is 0 Å². The number of rotatable bonds is 6. The van der Waals surface area contributed by atoms with Crippen molar-refractivity contribution in [3.05, 3.63) is 30.1 Å². The van der Waals surface area contributed by atoms with E-state index in [2.05, 4.69) is 23.6 Å². The number of hydrogen-bond donors (Lipinski definition) is 1. The van der Waals surface area contributed by atoms with Crippen LogP contribution in [0.1, 0.15) is 38.7 Å². The number of carbonyl (C=O) groups is 1. The lowest BCUT2D eigenvalue weighted by atomic mass is 9.70. The maximum Gasteiger partial charge on any atom is 0.212 e. The molecule has 126 valence electrons. The molecule has 0 aromatic carbocycles. The van der Waals surface area contributed by atoms with Crippen molar-refractivity contribution in [3.8, 4) is 0 Å². The number of ketones is 1. The smallest absolute Gasteiger partial charge is 0.212 e. The van der Waals surface area contributed by atoms with Crippen molar-refractivity contribution in [1.82, 2.24) is 9.71 Å². The molecule has 0 amide bonds. The summed E-state index contributed by atoms with van der Waals surface area (Å²) < 4.78 is 27.7. The van der Waals surface area contributed by atoms with Gasteiger partial charge in [0.1, 0.15) is 5.78 Å². The second kappa shape index (κ2) is 5.67. The number of fused-ring (bicyclic) bond motifs is 2. The highest BCUT2D eigenvalue weighted by Crippen LogP contribution is 2.64. The molecule has 0 unspecified atom stereocenters. The molecular weight excluding hydrogens is 312 g/mol. The summed E-state index contributed by atoms with van der Waals surface area (Å²) >= 11 is 0. The highest BCUT2D eigenvalue weighted by Gasteiger charge is 2.65. The van der Waals surface area contributed by atoms with Crippen molar-refractivity contribution in [2.45, 2.75) is 39.5 Å². The van der Waals surface area contributed by atoms with Crippen molar-refractivity contribution in [1.29, 1.82) is 0 Å². The molecular formula is C17H24N2O3S. The molecule has 2 saturated carbocycles. The fraction of sp³-hybridized carbons (Fsp3) is 0.647. The van der Waals surface area contributed by atoms with Crippen LogP contribution in [0.15, 0.2) is 24.5 Å². The van der Waals surface area contributed by atoms with Gasteiger partial charge in [0, 0.05) is 30.8 Å². The lowest BCUT2D eigenvalue weighted by Gasteiger charge is -2.36. The minimum Gasteiger partial charge on any atom is -0.299 e. The number of sulfonamides is 1. The molecule has 0 spiro atoms. The van der Waals surface area contributed by atoms with Gasteiger partial charge in [0.25, 0.3) is 0 Å². The summed E-state index contributed by atoms with van der Waals surface area (Å²) in [6.07, 6.45) is 6.22. The third-order valence-electron chi connectivity index (χ3n) is 6.06. The molecule has 2 aliphatic rings. The Kier molecular flexibility index (Phi) is 4.09. The van der Waals surface area contributed by atoms with Gasteiger partial charge in [-0.2, -0.15) is 0 Å². The number of hydrogen-bond acceptors (Lipinski definition) is 4. The van der Waals surface area contributed by atoms with Gasteiger partial charge in [-0.05, 0) is 48.3 Å². The van der Waals surface area contributed by atoms with Gasteiger partial charge in [-0.3, -0.25) is 9.78 Å². The summed E-state index contributed by atoms with van der Waals surface area (Å²) in [6.45, 7) is 4.46. The van der Waals surface area contributed by atoms with E-state index in [1.807, 2.05) is 12.1 Å². The average molecular weight is 336 g/mol. The molecule has 1 aromatic heterocycles. The van der Waals surface area contributed by atoms with Crippen LogP contribution in [-0.2, 0) is 21.2 Å². The van der Waals surface area contributed by atoms with E-state index in [1.165, 1.54) is 0 Å². The normalized spacial score (nSPS) is 29.1. The van der Waals surface area contributed by atoms with E-state index in [9.17, 15) is 13.2 Å². The zero-order valence-corrected chi connectivity index (χ0v) is 14.5. The Morgan fingerprint density at radius 1 is 1.30 bits per heavy atom. The van der Waals surface area contributed by atoms with Crippen LogP contribution in [-0.4, -0.2) is 31.5 Å². The third kappa shape index (κ3) is 2.83. The van der Waals surface area contributed by atoms with Crippen molar-refractivity contribution >= 4 is 15.8 Å². The van der Waals surface area contributed by atoms with E-state index in [0.29, 0.717) is 31.7 Å². The second-order valence-electron chi connectivity index (χ2n) is 7.43. The number of carbonyl (C=O) groups excluding carboxylic acids is 1. The number of nitrogens with zero attached hydrogens (tertiary/aromatic N) is 1. The molecule has 3 rings (SSSR count). The van der Waals surface area contributed by atoms with E-state index in [1.54, 1.807) is 12.4 Å². The Bertz CT molecular complexity index is 700. The minimum absolute atomic E-state index is 0.0708. The standard InChI is InChI=1S/C17H24N2O3S/c1-16(2)14-3-7-17(16,15(20)11-14)12-23(21,22)19-10-6-13-4-8-18-9-5-13/h4-5,8-9,14,19H,3,6-7,10-12H2,1-2H3/t14-,17+/m0/s1. The van der Waals surface area contributed by atoms with Crippen LogP contribution in [0.5, 0.6) is 0 Å². The first-order valence-corrected chi connectivity index (χ1v) is 9.82. The SMILES string of the molecule is CC1(C)[C@H]2CC[C@@]1(CS(=O)(=O)NCCc1ccncc1)C(=O)C2. The van der Waals surface area contributed by atoms with Crippen LogP contribution in [0.4, 0.5) is 0 Å². The molecule has 2 atom stereocenters. The molecule has 2 fully saturated rings. The lowest BCUT2D eigenvalue weighted by molar-refractivity contribution is -0.128. The molecule has 5 nitrogen and oxygen atoms in total.